The summed E-state index contributed by atoms with van der Waals surface area (Å²) in [6.45, 7) is 6.11. The third-order valence-electron chi connectivity index (χ3n) is 5.62. The molecule has 184 valence electrons. The number of benzene rings is 1. The Labute approximate surface area is 194 Å². The van der Waals surface area contributed by atoms with Crippen molar-refractivity contribution >= 4 is 17.7 Å². The molecular weight excluding hydrogens is 428 g/mol. The molecule has 5 N–H and O–H groups in total. The zero-order valence-electron chi connectivity index (χ0n) is 19.6. The summed E-state index contributed by atoms with van der Waals surface area (Å²) >= 11 is 0. The van der Waals surface area contributed by atoms with E-state index in [2.05, 4.69) is 10.5 Å². The smallest absolute Gasteiger partial charge is 0.407 e. The van der Waals surface area contributed by atoms with Crippen molar-refractivity contribution in [1.29, 1.82) is 0 Å². The van der Waals surface area contributed by atoms with Crippen LogP contribution < -0.4 is 11.1 Å². The molecule has 0 saturated carbocycles. The fourth-order valence-corrected chi connectivity index (χ4v) is 3.67. The molecule has 0 fully saturated rings. The van der Waals surface area contributed by atoms with Gasteiger partial charge < -0.3 is 35.7 Å². The van der Waals surface area contributed by atoms with Gasteiger partial charge >= 0.3 is 6.09 Å². The maximum atomic E-state index is 12.7. The van der Waals surface area contributed by atoms with Gasteiger partial charge in [-0.05, 0) is 38.7 Å². The second-order valence-electron chi connectivity index (χ2n) is 8.76. The molecule has 0 radical (unpaired) electrons. The van der Waals surface area contributed by atoms with Crippen molar-refractivity contribution in [3.63, 3.8) is 0 Å². The third kappa shape index (κ3) is 7.99. The minimum Gasteiger partial charge on any atom is -0.465 e. The topological polar surface area (TPSA) is 147 Å². The van der Waals surface area contributed by atoms with Gasteiger partial charge in [-0.2, -0.15) is 0 Å². The van der Waals surface area contributed by atoms with E-state index in [1.807, 2.05) is 30.3 Å². The number of carboxylic acid groups (broad SMARTS) is 1. The molecule has 0 aromatic heterocycles. The molecule has 2 unspecified atom stereocenters. The molecule has 2 rings (SSSR count). The largest absolute Gasteiger partial charge is 0.465 e. The van der Waals surface area contributed by atoms with Crippen molar-refractivity contribution in [1.82, 2.24) is 10.2 Å². The van der Waals surface area contributed by atoms with E-state index in [4.69, 9.17) is 15.3 Å². The zero-order chi connectivity index (χ0) is 24.4. The number of hydrogen-bond donors (Lipinski definition) is 4. The van der Waals surface area contributed by atoms with E-state index in [0.29, 0.717) is 25.3 Å². The molecule has 10 nitrogen and oxygen atoms in total. The number of aliphatic hydroxyl groups is 1. The van der Waals surface area contributed by atoms with Crippen molar-refractivity contribution in [2.24, 2.45) is 22.7 Å². The summed E-state index contributed by atoms with van der Waals surface area (Å²) in [6.07, 6.45) is -0.663. The lowest BCUT2D eigenvalue weighted by Gasteiger charge is -2.31. The molecular formula is C23H36N4O6. The van der Waals surface area contributed by atoms with E-state index < -0.39 is 17.7 Å². The van der Waals surface area contributed by atoms with Gasteiger partial charge in [-0.1, -0.05) is 35.5 Å². The quantitative estimate of drug-likeness (QED) is 0.345. The monoisotopic (exact) mass is 464 g/mol. The SMILES string of the molecule is CCN(CC(CCO)C1CON=C1[C@@H](COCc1ccccc1)NC(=O)C(C)(C)N)C(=O)O. The molecule has 0 bridgehead atoms. The van der Waals surface area contributed by atoms with Crippen molar-refractivity contribution in [3.05, 3.63) is 35.9 Å². The van der Waals surface area contributed by atoms with E-state index in [-0.39, 0.29) is 44.1 Å². The minimum absolute atomic E-state index is 0.108. The lowest BCUT2D eigenvalue weighted by Crippen LogP contribution is -2.56. The van der Waals surface area contributed by atoms with Gasteiger partial charge in [-0.25, -0.2) is 4.79 Å². The lowest BCUT2D eigenvalue weighted by molar-refractivity contribution is -0.125. The summed E-state index contributed by atoms with van der Waals surface area (Å²) in [4.78, 5) is 30.9. The number of nitrogens with two attached hydrogens (primary N) is 1. The molecule has 0 spiro atoms. The molecule has 0 saturated heterocycles. The predicted octanol–water partition coefficient (Wildman–Crippen LogP) is 1.43. The first-order valence-corrected chi connectivity index (χ1v) is 11.2. The maximum Gasteiger partial charge on any atom is 0.407 e. The Balaban J connectivity index is 2.20. The van der Waals surface area contributed by atoms with Crippen molar-refractivity contribution in [2.45, 2.75) is 45.4 Å². The van der Waals surface area contributed by atoms with Gasteiger partial charge in [0.15, 0.2) is 0 Å². The fourth-order valence-electron chi connectivity index (χ4n) is 3.67. The summed E-state index contributed by atoms with van der Waals surface area (Å²) in [5.74, 6) is -0.910. The van der Waals surface area contributed by atoms with Gasteiger partial charge in [0.25, 0.3) is 0 Å². The first-order valence-electron chi connectivity index (χ1n) is 11.2. The second kappa shape index (κ2) is 12.5. The van der Waals surface area contributed by atoms with Gasteiger partial charge in [0.1, 0.15) is 6.61 Å². The molecule has 1 aromatic carbocycles. The number of amides is 2. The van der Waals surface area contributed by atoms with Crippen molar-refractivity contribution < 1.29 is 29.4 Å². The molecule has 3 atom stereocenters. The van der Waals surface area contributed by atoms with Crippen molar-refractivity contribution in [3.8, 4) is 0 Å². The van der Waals surface area contributed by atoms with Crippen LogP contribution in [0, 0.1) is 11.8 Å². The number of nitrogens with zero attached hydrogens (tertiary/aromatic N) is 2. The van der Waals surface area contributed by atoms with E-state index >= 15 is 0 Å². The Kier molecular flexibility index (Phi) is 10.1. The zero-order valence-corrected chi connectivity index (χ0v) is 19.6. The van der Waals surface area contributed by atoms with Gasteiger partial charge in [-0.15, -0.1) is 0 Å². The standard InChI is InChI=1S/C23H36N4O6/c1-4-27(22(30)31)12-17(10-11-28)18-14-33-26-20(18)19(25-21(29)23(2,3)24)15-32-13-16-8-6-5-7-9-16/h5-9,17-19,28H,4,10-15,24H2,1-3H3,(H,25,29)(H,30,31)/t17?,18?,19-/m1/s1. The van der Waals surface area contributed by atoms with Crippen LogP contribution in [0.5, 0.6) is 0 Å². The summed E-state index contributed by atoms with van der Waals surface area (Å²) in [5, 5.41) is 26.2. The molecule has 33 heavy (non-hydrogen) atoms. The number of oxime groups is 1. The lowest BCUT2D eigenvalue weighted by atomic mass is 9.83. The number of nitrogens with one attached hydrogen (secondary N) is 1. The van der Waals surface area contributed by atoms with Gasteiger partial charge in [0.05, 0.1) is 30.5 Å². The highest BCUT2D eigenvalue weighted by Gasteiger charge is 2.39. The van der Waals surface area contributed by atoms with Crippen molar-refractivity contribution in [2.75, 3.05) is 32.9 Å². The maximum absolute atomic E-state index is 12.7. The summed E-state index contributed by atoms with van der Waals surface area (Å²) < 4.78 is 5.89. The van der Waals surface area contributed by atoms with Crippen LogP contribution in [-0.2, 0) is 21.0 Å². The highest BCUT2D eigenvalue weighted by atomic mass is 16.6. The minimum atomic E-state index is -1.11. The number of aliphatic hydroxyl groups excluding tert-OH is 1. The van der Waals surface area contributed by atoms with Crippen LogP contribution in [0.25, 0.3) is 0 Å². The summed E-state index contributed by atoms with van der Waals surface area (Å²) in [6, 6.07) is 9.03. The molecule has 2 amide bonds. The number of ether oxygens (including phenoxy) is 1. The second-order valence-corrected chi connectivity index (χ2v) is 8.76. The van der Waals surface area contributed by atoms with E-state index in [1.54, 1.807) is 20.8 Å². The molecule has 1 heterocycles. The molecule has 0 aliphatic carbocycles. The number of carbonyl (C=O) groups excluding carboxylic acids is 1. The highest BCUT2D eigenvalue weighted by Crippen LogP contribution is 2.26. The Bertz CT molecular complexity index is 796. The van der Waals surface area contributed by atoms with Crippen LogP contribution in [0.15, 0.2) is 35.5 Å². The van der Waals surface area contributed by atoms with Crippen LogP contribution in [-0.4, -0.2) is 77.3 Å². The Morgan fingerprint density at radius 3 is 2.64 bits per heavy atom. The third-order valence-corrected chi connectivity index (χ3v) is 5.62. The first-order chi connectivity index (χ1) is 15.7. The Morgan fingerprint density at radius 1 is 1.36 bits per heavy atom. The molecule has 1 aromatic rings. The highest BCUT2D eigenvalue weighted by molar-refractivity contribution is 5.97. The molecule has 1 aliphatic rings. The average molecular weight is 465 g/mol. The van der Waals surface area contributed by atoms with E-state index in [1.165, 1.54) is 4.90 Å². The Morgan fingerprint density at radius 2 is 2.06 bits per heavy atom. The van der Waals surface area contributed by atoms with Gasteiger partial charge in [0.2, 0.25) is 5.91 Å². The average Bonchev–Trinajstić information content (AvgIpc) is 3.25. The van der Waals surface area contributed by atoms with Gasteiger partial charge in [-0.3, -0.25) is 4.79 Å². The number of rotatable bonds is 13. The Hall–Kier alpha value is -2.69. The fraction of sp³-hybridized carbons (Fsp3) is 0.609. The van der Waals surface area contributed by atoms with Crippen LogP contribution in [0.1, 0.15) is 32.8 Å². The number of hydrogen-bond acceptors (Lipinski definition) is 7. The normalized spacial score (nSPS) is 17.6. The summed E-state index contributed by atoms with van der Waals surface area (Å²) in [7, 11) is 0. The van der Waals surface area contributed by atoms with E-state index in [0.717, 1.165) is 5.56 Å². The van der Waals surface area contributed by atoms with Crippen LogP contribution in [0.3, 0.4) is 0 Å². The van der Waals surface area contributed by atoms with E-state index in [9.17, 15) is 19.8 Å². The summed E-state index contributed by atoms with van der Waals surface area (Å²) in [5.41, 5.74) is 6.41. The first kappa shape index (κ1) is 26.6. The number of carbonyl (C=O) groups is 2. The predicted molar refractivity (Wildman–Crippen MR) is 124 cm³/mol. The van der Waals surface area contributed by atoms with Crippen LogP contribution >= 0.6 is 0 Å². The molecule has 10 heteroatoms. The van der Waals surface area contributed by atoms with Gasteiger partial charge in [0, 0.05) is 25.6 Å². The van der Waals surface area contributed by atoms with Crippen LogP contribution in [0.4, 0.5) is 4.79 Å². The molecule has 1 aliphatic heterocycles. The van der Waals surface area contributed by atoms with Crippen LogP contribution in [0.2, 0.25) is 0 Å².